The van der Waals surface area contributed by atoms with Crippen molar-refractivity contribution in [1.82, 2.24) is 5.01 Å². The molecule has 0 radical (unpaired) electrons. The molecule has 22 heavy (non-hydrogen) atoms. The number of nitrogens with zero attached hydrogens (tertiary/aromatic N) is 2. The van der Waals surface area contributed by atoms with E-state index in [4.69, 9.17) is 10.6 Å². The summed E-state index contributed by atoms with van der Waals surface area (Å²) in [7, 11) is 4.10. The maximum atomic E-state index is 6.22. The number of benzene rings is 2. The summed E-state index contributed by atoms with van der Waals surface area (Å²) in [6.45, 7) is 2.24. The standard InChI is InChI=1S/C18H23N3O/c1-20(2)17-9-8-15-12-21(19)11-10-16(15)18(17)22-13-14-6-4-3-5-7-14/h3-9H,10-13,19H2,1-2H3. The first-order valence-corrected chi connectivity index (χ1v) is 7.63. The first kappa shape index (κ1) is 14.9. The Morgan fingerprint density at radius 2 is 1.91 bits per heavy atom. The number of hydrazine groups is 1. The van der Waals surface area contributed by atoms with Gasteiger partial charge in [0.1, 0.15) is 12.4 Å². The molecule has 0 aromatic heterocycles. The van der Waals surface area contributed by atoms with Gasteiger partial charge in [-0.05, 0) is 23.6 Å². The largest absolute Gasteiger partial charge is 0.486 e. The number of ether oxygens (including phenoxy) is 1. The van der Waals surface area contributed by atoms with E-state index in [0.29, 0.717) is 6.61 Å². The number of hydrogen-bond donors (Lipinski definition) is 1. The van der Waals surface area contributed by atoms with Crippen LogP contribution in [0.2, 0.25) is 0 Å². The van der Waals surface area contributed by atoms with Crippen molar-refractivity contribution in [2.24, 2.45) is 5.84 Å². The minimum absolute atomic E-state index is 0.588. The lowest BCUT2D eigenvalue weighted by molar-refractivity contribution is 0.253. The molecular weight excluding hydrogens is 274 g/mol. The van der Waals surface area contributed by atoms with E-state index in [1.165, 1.54) is 16.7 Å². The highest BCUT2D eigenvalue weighted by molar-refractivity contribution is 5.64. The minimum atomic E-state index is 0.588. The highest BCUT2D eigenvalue weighted by atomic mass is 16.5. The second-order valence-corrected chi connectivity index (χ2v) is 5.94. The number of fused-ring (bicyclic) bond motifs is 1. The zero-order valence-electron chi connectivity index (χ0n) is 13.2. The number of rotatable bonds is 4. The van der Waals surface area contributed by atoms with Gasteiger partial charge in [0.15, 0.2) is 0 Å². The van der Waals surface area contributed by atoms with Crippen LogP contribution < -0.4 is 15.5 Å². The molecule has 2 N–H and O–H groups in total. The molecule has 2 aromatic carbocycles. The second-order valence-electron chi connectivity index (χ2n) is 5.94. The van der Waals surface area contributed by atoms with Gasteiger partial charge in [-0.15, -0.1) is 0 Å². The van der Waals surface area contributed by atoms with E-state index in [2.05, 4.69) is 43.3 Å². The Labute approximate surface area is 132 Å². The maximum Gasteiger partial charge on any atom is 0.146 e. The van der Waals surface area contributed by atoms with Crippen molar-refractivity contribution in [1.29, 1.82) is 0 Å². The summed E-state index contributed by atoms with van der Waals surface area (Å²) < 4.78 is 6.22. The summed E-state index contributed by atoms with van der Waals surface area (Å²) >= 11 is 0. The second kappa shape index (κ2) is 6.38. The van der Waals surface area contributed by atoms with Crippen LogP contribution in [0.3, 0.4) is 0 Å². The molecule has 0 spiro atoms. The van der Waals surface area contributed by atoms with Gasteiger partial charge < -0.3 is 9.64 Å². The van der Waals surface area contributed by atoms with E-state index in [9.17, 15) is 0 Å². The molecule has 0 aliphatic carbocycles. The molecule has 0 unspecified atom stereocenters. The molecule has 1 aliphatic rings. The van der Waals surface area contributed by atoms with Gasteiger partial charge in [0.05, 0.1) is 5.69 Å². The summed E-state index contributed by atoms with van der Waals surface area (Å²) in [5.74, 6) is 6.94. The van der Waals surface area contributed by atoms with Gasteiger partial charge in [-0.3, -0.25) is 5.84 Å². The van der Waals surface area contributed by atoms with E-state index in [-0.39, 0.29) is 0 Å². The zero-order chi connectivity index (χ0) is 15.5. The summed E-state index contributed by atoms with van der Waals surface area (Å²) in [5.41, 5.74) is 4.87. The molecule has 0 bridgehead atoms. The van der Waals surface area contributed by atoms with Gasteiger partial charge in [-0.25, -0.2) is 5.01 Å². The zero-order valence-corrected chi connectivity index (χ0v) is 13.2. The van der Waals surface area contributed by atoms with Gasteiger partial charge >= 0.3 is 0 Å². The van der Waals surface area contributed by atoms with Crippen LogP contribution in [-0.4, -0.2) is 25.6 Å². The number of anilines is 1. The Morgan fingerprint density at radius 1 is 1.14 bits per heavy atom. The molecule has 0 saturated carbocycles. The lowest BCUT2D eigenvalue weighted by atomic mass is 9.98. The minimum Gasteiger partial charge on any atom is -0.486 e. The Bertz CT molecular complexity index is 640. The van der Waals surface area contributed by atoms with Crippen LogP contribution in [-0.2, 0) is 19.6 Å². The molecule has 0 saturated heterocycles. The van der Waals surface area contributed by atoms with Crippen molar-refractivity contribution < 1.29 is 4.74 Å². The van der Waals surface area contributed by atoms with E-state index in [0.717, 1.165) is 30.9 Å². The van der Waals surface area contributed by atoms with E-state index >= 15 is 0 Å². The van der Waals surface area contributed by atoms with E-state index in [1.54, 1.807) is 0 Å². The molecule has 0 amide bonds. The molecule has 4 nitrogen and oxygen atoms in total. The monoisotopic (exact) mass is 297 g/mol. The summed E-state index contributed by atoms with van der Waals surface area (Å²) in [5, 5.41) is 1.86. The third-order valence-electron chi connectivity index (χ3n) is 4.07. The van der Waals surface area contributed by atoms with Crippen LogP contribution in [0.15, 0.2) is 42.5 Å². The quantitative estimate of drug-likeness (QED) is 0.881. The topological polar surface area (TPSA) is 41.7 Å². The van der Waals surface area contributed by atoms with E-state index in [1.807, 2.05) is 23.2 Å². The van der Waals surface area contributed by atoms with Crippen LogP contribution >= 0.6 is 0 Å². The third-order valence-corrected chi connectivity index (χ3v) is 4.07. The van der Waals surface area contributed by atoms with Gasteiger partial charge in [0.2, 0.25) is 0 Å². The van der Waals surface area contributed by atoms with E-state index < -0.39 is 0 Å². The molecule has 2 aromatic rings. The fourth-order valence-corrected chi connectivity index (χ4v) is 2.87. The lowest BCUT2D eigenvalue weighted by Crippen LogP contribution is -2.36. The summed E-state index contributed by atoms with van der Waals surface area (Å²) in [4.78, 5) is 2.11. The first-order chi connectivity index (χ1) is 10.6. The van der Waals surface area contributed by atoms with Crippen LogP contribution in [0.25, 0.3) is 0 Å². The average molecular weight is 297 g/mol. The molecule has 116 valence electrons. The van der Waals surface area contributed by atoms with Crippen molar-refractivity contribution in [2.75, 3.05) is 25.5 Å². The van der Waals surface area contributed by atoms with Crippen molar-refractivity contribution in [3.63, 3.8) is 0 Å². The molecule has 0 atom stereocenters. The van der Waals surface area contributed by atoms with Crippen LogP contribution in [0.4, 0.5) is 5.69 Å². The van der Waals surface area contributed by atoms with Crippen LogP contribution in [0.5, 0.6) is 5.75 Å². The van der Waals surface area contributed by atoms with Crippen molar-refractivity contribution in [2.45, 2.75) is 19.6 Å². The number of hydrogen-bond acceptors (Lipinski definition) is 4. The highest BCUT2D eigenvalue weighted by Crippen LogP contribution is 2.36. The summed E-state index contributed by atoms with van der Waals surface area (Å²) in [6, 6.07) is 14.6. The van der Waals surface area contributed by atoms with Gasteiger partial charge in [0.25, 0.3) is 0 Å². The fraction of sp³-hybridized carbons (Fsp3) is 0.333. The third kappa shape index (κ3) is 3.08. The molecule has 1 aliphatic heterocycles. The van der Waals surface area contributed by atoms with Gasteiger partial charge in [-0.2, -0.15) is 0 Å². The molecule has 3 rings (SSSR count). The number of nitrogens with two attached hydrogens (primary N) is 1. The Balaban J connectivity index is 1.91. The summed E-state index contributed by atoms with van der Waals surface area (Å²) in [6.07, 6.45) is 0.928. The molecule has 4 heteroatoms. The normalized spacial score (nSPS) is 14.5. The van der Waals surface area contributed by atoms with Crippen molar-refractivity contribution >= 4 is 5.69 Å². The smallest absolute Gasteiger partial charge is 0.146 e. The van der Waals surface area contributed by atoms with Crippen LogP contribution in [0, 0.1) is 0 Å². The van der Waals surface area contributed by atoms with Gasteiger partial charge in [-0.1, -0.05) is 36.4 Å². The fourth-order valence-electron chi connectivity index (χ4n) is 2.87. The Hall–Kier alpha value is -2.04. The molecular formula is C18H23N3O. The Morgan fingerprint density at radius 3 is 2.64 bits per heavy atom. The highest BCUT2D eigenvalue weighted by Gasteiger charge is 2.21. The average Bonchev–Trinajstić information content (AvgIpc) is 2.53. The molecule has 1 heterocycles. The maximum absolute atomic E-state index is 6.22. The van der Waals surface area contributed by atoms with Crippen LogP contribution in [0.1, 0.15) is 16.7 Å². The van der Waals surface area contributed by atoms with Gasteiger partial charge in [0, 0.05) is 32.7 Å². The SMILES string of the molecule is CN(C)c1ccc2c(c1OCc1ccccc1)CCN(N)C2. The first-order valence-electron chi connectivity index (χ1n) is 7.63. The predicted molar refractivity (Wildman–Crippen MR) is 89.8 cm³/mol. The van der Waals surface area contributed by atoms with Crippen molar-refractivity contribution in [3.05, 3.63) is 59.2 Å². The lowest BCUT2D eigenvalue weighted by Gasteiger charge is -2.29. The Kier molecular flexibility index (Phi) is 4.32. The predicted octanol–water partition coefficient (Wildman–Crippen LogP) is 2.56. The van der Waals surface area contributed by atoms with Crippen molar-refractivity contribution in [3.8, 4) is 5.75 Å². The molecule has 0 fully saturated rings.